The maximum atomic E-state index is 5.55. The monoisotopic (exact) mass is 217 g/mol. The fourth-order valence-corrected chi connectivity index (χ4v) is 2.73. The van der Waals surface area contributed by atoms with Crippen LogP contribution in [0.25, 0.3) is 0 Å². The van der Waals surface area contributed by atoms with Crippen LogP contribution in [0.5, 0.6) is 0 Å². The molecule has 0 unspecified atom stereocenters. The third kappa shape index (κ3) is 3.34. The predicted molar refractivity (Wildman–Crippen MR) is 69.5 cm³/mol. The van der Waals surface area contributed by atoms with Gasteiger partial charge in [0.2, 0.25) is 0 Å². The van der Waals surface area contributed by atoms with Gasteiger partial charge in [0.1, 0.15) is 0 Å². The van der Waals surface area contributed by atoms with Crippen LogP contribution in [0, 0.1) is 5.92 Å². The van der Waals surface area contributed by atoms with E-state index in [9.17, 15) is 0 Å². The summed E-state index contributed by atoms with van der Waals surface area (Å²) < 4.78 is 0. The Morgan fingerprint density at radius 3 is 2.19 bits per heavy atom. The maximum absolute atomic E-state index is 5.55. The first-order valence-corrected chi connectivity index (χ1v) is 6.66. The molecule has 2 N–H and O–H groups in total. The summed E-state index contributed by atoms with van der Waals surface area (Å²) in [6.45, 7) is 0.752. The average molecular weight is 217 g/mol. The van der Waals surface area contributed by atoms with Gasteiger partial charge in [0.25, 0.3) is 0 Å². The molecule has 1 nitrogen and oxygen atoms in total. The summed E-state index contributed by atoms with van der Waals surface area (Å²) in [4.78, 5) is 0. The van der Waals surface area contributed by atoms with E-state index in [1.807, 2.05) is 0 Å². The predicted octanol–water partition coefficient (Wildman–Crippen LogP) is 3.31. The van der Waals surface area contributed by atoms with Crippen molar-refractivity contribution in [2.45, 2.75) is 44.9 Å². The quantitative estimate of drug-likeness (QED) is 0.822. The second-order valence-electron chi connectivity index (χ2n) is 5.06. The Balaban J connectivity index is 1.88. The molecule has 0 atom stereocenters. The molecule has 0 bridgehead atoms. The van der Waals surface area contributed by atoms with Crippen molar-refractivity contribution in [2.75, 3.05) is 6.54 Å². The lowest BCUT2D eigenvalue weighted by molar-refractivity contribution is 0.356. The van der Waals surface area contributed by atoms with Crippen molar-refractivity contribution < 1.29 is 0 Å². The van der Waals surface area contributed by atoms with Gasteiger partial charge in [-0.15, -0.1) is 0 Å². The summed E-state index contributed by atoms with van der Waals surface area (Å²) in [5.41, 5.74) is 8.43. The summed E-state index contributed by atoms with van der Waals surface area (Å²) in [7, 11) is 0. The molecule has 1 aliphatic rings. The minimum atomic E-state index is 0.752. The van der Waals surface area contributed by atoms with Crippen LogP contribution < -0.4 is 5.73 Å². The summed E-state index contributed by atoms with van der Waals surface area (Å²) in [5.74, 6) is 0.939. The van der Waals surface area contributed by atoms with Crippen molar-refractivity contribution in [1.29, 1.82) is 0 Å². The first-order valence-electron chi connectivity index (χ1n) is 6.66. The lowest BCUT2D eigenvalue weighted by atomic mass is 9.85. The molecule has 0 aromatic heterocycles. The first kappa shape index (κ1) is 11.7. The van der Waals surface area contributed by atoms with Crippen molar-refractivity contribution in [3.63, 3.8) is 0 Å². The Hall–Kier alpha value is -0.820. The van der Waals surface area contributed by atoms with Gasteiger partial charge in [-0.2, -0.15) is 0 Å². The van der Waals surface area contributed by atoms with Crippen LogP contribution in [0.4, 0.5) is 0 Å². The van der Waals surface area contributed by atoms with E-state index < -0.39 is 0 Å². The van der Waals surface area contributed by atoms with Crippen molar-refractivity contribution in [3.05, 3.63) is 35.4 Å². The van der Waals surface area contributed by atoms with E-state index in [1.165, 1.54) is 49.7 Å². The Morgan fingerprint density at radius 2 is 1.56 bits per heavy atom. The van der Waals surface area contributed by atoms with E-state index in [-0.39, 0.29) is 0 Å². The van der Waals surface area contributed by atoms with Crippen LogP contribution in [0.1, 0.15) is 43.2 Å². The molecule has 88 valence electrons. The van der Waals surface area contributed by atoms with E-state index in [4.69, 9.17) is 5.73 Å². The van der Waals surface area contributed by atoms with Gasteiger partial charge in [-0.1, -0.05) is 56.4 Å². The van der Waals surface area contributed by atoms with Crippen molar-refractivity contribution in [3.8, 4) is 0 Å². The highest BCUT2D eigenvalue weighted by Gasteiger charge is 2.13. The van der Waals surface area contributed by atoms with Crippen LogP contribution in [0.3, 0.4) is 0 Å². The average Bonchev–Trinajstić information content (AvgIpc) is 2.33. The molecule has 0 spiro atoms. The van der Waals surface area contributed by atoms with Gasteiger partial charge in [-0.05, 0) is 36.4 Å². The summed E-state index contributed by atoms with van der Waals surface area (Å²) in [6, 6.07) is 9.06. The van der Waals surface area contributed by atoms with Crippen molar-refractivity contribution in [2.24, 2.45) is 11.7 Å². The van der Waals surface area contributed by atoms with Crippen LogP contribution in [-0.4, -0.2) is 6.54 Å². The molecule has 0 saturated heterocycles. The van der Waals surface area contributed by atoms with Gasteiger partial charge >= 0.3 is 0 Å². The zero-order valence-corrected chi connectivity index (χ0v) is 10.1. The SMILES string of the molecule is NCCc1ccc(CC2CCCCC2)cc1. The van der Waals surface area contributed by atoms with Gasteiger partial charge in [0.05, 0.1) is 0 Å². The van der Waals surface area contributed by atoms with Crippen LogP contribution in [-0.2, 0) is 12.8 Å². The smallest absolute Gasteiger partial charge is 0.00367 e. The molecule has 1 aromatic rings. The molecule has 1 fully saturated rings. The largest absolute Gasteiger partial charge is 0.330 e. The van der Waals surface area contributed by atoms with E-state index in [1.54, 1.807) is 0 Å². The highest BCUT2D eigenvalue weighted by molar-refractivity contribution is 5.23. The lowest BCUT2D eigenvalue weighted by Crippen LogP contribution is -2.09. The molecular weight excluding hydrogens is 194 g/mol. The van der Waals surface area contributed by atoms with Gasteiger partial charge in [-0.3, -0.25) is 0 Å². The van der Waals surface area contributed by atoms with Gasteiger partial charge in [-0.25, -0.2) is 0 Å². The molecular formula is C15H23N. The number of benzene rings is 1. The Kier molecular flexibility index (Phi) is 4.41. The van der Waals surface area contributed by atoms with E-state index in [0.29, 0.717) is 0 Å². The summed E-state index contributed by atoms with van der Waals surface area (Å²) in [5, 5.41) is 0. The molecule has 2 rings (SSSR count). The lowest BCUT2D eigenvalue weighted by Gasteiger charge is -2.21. The molecule has 1 saturated carbocycles. The second kappa shape index (κ2) is 6.05. The first-order chi connectivity index (χ1) is 7.88. The zero-order chi connectivity index (χ0) is 11.2. The van der Waals surface area contributed by atoms with Crippen LogP contribution in [0.15, 0.2) is 24.3 Å². The molecule has 1 aromatic carbocycles. The van der Waals surface area contributed by atoms with Crippen LogP contribution >= 0.6 is 0 Å². The normalized spacial score (nSPS) is 17.6. The van der Waals surface area contributed by atoms with E-state index in [2.05, 4.69) is 24.3 Å². The molecule has 0 aliphatic heterocycles. The fourth-order valence-electron chi connectivity index (χ4n) is 2.73. The molecule has 0 radical (unpaired) electrons. The standard InChI is InChI=1S/C15H23N/c16-11-10-13-6-8-15(9-7-13)12-14-4-2-1-3-5-14/h6-9,14H,1-5,10-12,16H2. The summed E-state index contributed by atoms with van der Waals surface area (Å²) in [6.07, 6.45) is 9.49. The third-order valence-corrected chi connectivity index (χ3v) is 3.71. The Bertz CT molecular complexity index is 296. The topological polar surface area (TPSA) is 26.0 Å². The molecule has 0 amide bonds. The van der Waals surface area contributed by atoms with Crippen molar-refractivity contribution in [1.82, 2.24) is 0 Å². The number of rotatable bonds is 4. The molecule has 1 heteroatoms. The van der Waals surface area contributed by atoms with E-state index in [0.717, 1.165) is 18.9 Å². The minimum Gasteiger partial charge on any atom is -0.330 e. The summed E-state index contributed by atoms with van der Waals surface area (Å²) >= 11 is 0. The van der Waals surface area contributed by atoms with E-state index >= 15 is 0 Å². The van der Waals surface area contributed by atoms with Gasteiger partial charge in [0, 0.05) is 0 Å². The van der Waals surface area contributed by atoms with Gasteiger partial charge < -0.3 is 5.73 Å². The number of hydrogen-bond donors (Lipinski definition) is 1. The molecule has 1 aliphatic carbocycles. The van der Waals surface area contributed by atoms with Gasteiger partial charge in [0.15, 0.2) is 0 Å². The minimum absolute atomic E-state index is 0.752. The highest BCUT2D eigenvalue weighted by Crippen LogP contribution is 2.26. The molecule has 16 heavy (non-hydrogen) atoms. The highest BCUT2D eigenvalue weighted by atomic mass is 14.5. The second-order valence-corrected chi connectivity index (χ2v) is 5.06. The fraction of sp³-hybridized carbons (Fsp3) is 0.600. The Labute approximate surface area is 99.0 Å². The van der Waals surface area contributed by atoms with Crippen molar-refractivity contribution >= 4 is 0 Å². The maximum Gasteiger partial charge on any atom is -0.00367 e. The Morgan fingerprint density at radius 1 is 0.938 bits per heavy atom. The number of hydrogen-bond acceptors (Lipinski definition) is 1. The zero-order valence-electron chi connectivity index (χ0n) is 10.1. The molecule has 0 heterocycles. The number of nitrogens with two attached hydrogens (primary N) is 1. The van der Waals surface area contributed by atoms with Crippen LogP contribution in [0.2, 0.25) is 0 Å². The third-order valence-electron chi connectivity index (χ3n) is 3.71.